The number of aryl methyl sites for hydroxylation is 2. The van der Waals surface area contributed by atoms with Gasteiger partial charge in [-0.3, -0.25) is 4.79 Å². The second-order valence-electron chi connectivity index (χ2n) is 5.23. The number of thioether (sulfide) groups is 1. The molecule has 23 heavy (non-hydrogen) atoms. The Morgan fingerprint density at radius 1 is 1.04 bits per heavy atom. The molecule has 4 nitrogen and oxygen atoms in total. The number of nitrogens with one attached hydrogen (secondary N) is 1. The highest BCUT2D eigenvalue weighted by Crippen LogP contribution is 2.16. The number of hydrogen-bond acceptors (Lipinski definition) is 4. The number of carbonyl (C=O) groups is 2. The van der Waals surface area contributed by atoms with Crippen LogP contribution in [0, 0.1) is 13.8 Å². The van der Waals surface area contributed by atoms with Gasteiger partial charge in [0.25, 0.3) is 5.91 Å². The lowest BCUT2D eigenvalue weighted by molar-refractivity contribution is -0.119. The topological polar surface area (TPSA) is 55.4 Å². The highest BCUT2D eigenvalue weighted by molar-refractivity contribution is 7.98. The van der Waals surface area contributed by atoms with Gasteiger partial charge in [0.05, 0.1) is 5.56 Å². The molecule has 0 bridgehead atoms. The van der Waals surface area contributed by atoms with Crippen molar-refractivity contribution in [3.63, 3.8) is 0 Å². The molecule has 0 heterocycles. The summed E-state index contributed by atoms with van der Waals surface area (Å²) in [6, 6.07) is 12.8. The van der Waals surface area contributed by atoms with Crippen LogP contribution in [0.15, 0.2) is 47.4 Å². The van der Waals surface area contributed by atoms with Crippen molar-refractivity contribution in [2.45, 2.75) is 18.7 Å². The average molecular weight is 329 g/mol. The Balaban J connectivity index is 1.89. The maximum atomic E-state index is 11.9. The summed E-state index contributed by atoms with van der Waals surface area (Å²) < 4.78 is 5.04. The van der Waals surface area contributed by atoms with Crippen LogP contribution in [0.1, 0.15) is 21.5 Å². The third-order valence-corrected chi connectivity index (χ3v) is 3.91. The van der Waals surface area contributed by atoms with E-state index in [1.807, 2.05) is 50.4 Å². The molecule has 0 spiro atoms. The van der Waals surface area contributed by atoms with Gasteiger partial charge in [0.15, 0.2) is 6.61 Å². The van der Waals surface area contributed by atoms with Gasteiger partial charge in [0.1, 0.15) is 0 Å². The molecule has 0 saturated carbocycles. The van der Waals surface area contributed by atoms with Crippen LogP contribution in [-0.2, 0) is 9.53 Å². The summed E-state index contributed by atoms with van der Waals surface area (Å²) >= 11 is 1.59. The number of esters is 1. The predicted molar refractivity (Wildman–Crippen MR) is 93.1 cm³/mol. The van der Waals surface area contributed by atoms with Gasteiger partial charge in [0, 0.05) is 10.6 Å². The van der Waals surface area contributed by atoms with Crippen LogP contribution in [0.25, 0.3) is 0 Å². The van der Waals surface area contributed by atoms with Gasteiger partial charge in [-0.2, -0.15) is 0 Å². The second-order valence-corrected chi connectivity index (χ2v) is 6.11. The minimum absolute atomic E-state index is 0.309. The number of ether oxygens (including phenoxy) is 1. The molecule has 120 valence electrons. The molecular weight excluding hydrogens is 310 g/mol. The van der Waals surface area contributed by atoms with Gasteiger partial charge < -0.3 is 10.1 Å². The third kappa shape index (κ3) is 5.14. The van der Waals surface area contributed by atoms with E-state index >= 15 is 0 Å². The zero-order chi connectivity index (χ0) is 16.8. The fraction of sp³-hybridized carbons (Fsp3) is 0.222. The van der Waals surface area contributed by atoms with Crippen molar-refractivity contribution >= 4 is 29.3 Å². The van der Waals surface area contributed by atoms with E-state index < -0.39 is 5.97 Å². The van der Waals surface area contributed by atoms with Crippen LogP contribution in [0.4, 0.5) is 5.69 Å². The number of rotatable bonds is 5. The molecular formula is C18H19NO3S. The molecule has 0 fully saturated rings. The van der Waals surface area contributed by atoms with Crippen LogP contribution in [-0.4, -0.2) is 24.7 Å². The molecule has 1 amide bonds. The minimum Gasteiger partial charge on any atom is -0.452 e. The van der Waals surface area contributed by atoms with Gasteiger partial charge in [-0.25, -0.2) is 4.79 Å². The number of benzene rings is 2. The van der Waals surface area contributed by atoms with Gasteiger partial charge in [-0.05, 0) is 67.6 Å². The SMILES string of the molecule is CSc1ccc(C(=O)OCC(=O)Nc2cc(C)cc(C)c2)cc1. The molecule has 2 aromatic carbocycles. The van der Waals surface area contributed by atoms with Crippen LogP contribution >= 0.6 is 11.8 Å². The highest BCUT2D eigenvalue weighted by Gasteiger charge is 2.10. The van der Waals surface area contributed by atoms with E-state index in [1.54, 1.807) is 23.9 Å². The summed E-state index contributed by atoms with van der Waals surface area (Å²) in [6.45, 7) is 3.61. The Hall–Kier alpha value is -2.27. The number of amides is 1. The summed E-state index contributed by atoms with van der Waals surface area (Å²) in [5.74, 6) is -0.864. The van der Waals surface area contributed by atoms with E-state index in [2.05, 4.69) is 5.32 Å². The Morgan fingerprint density at radius 2 is 1.65 bits per heavy atom. The van der Waals surface area contributed by atoms with E-state index in [-0.39, 0.29) is 12.5 Å². The molecule has 2 aromatic rings. The fourth-order valence-corrected chi connectivity index (χ4v) is 2.59. The molecule has 1 N–H and O–H groups in total. The lowest BCUT2D eigenvalue weighted by atomic mass is 10.1. The van der Waals surface area contributed by atoms with E-state index in [0.29, 0.717) is 11.3 Å². The van der Waals surface area contributed by atoms with Gasteiger partial charge in [-0.15, -0.1) is 11.8 Å². The fourth-order valence-electron chi connectivity index (χ4n) is 2.19. The van der Waals surface area contributed by atoms with Crippen LogP contribution in [0.2, 0.25) is 0 Å². The molecule has 0 atom stereocenters. The molecule has 5 heteroatoms. The molecule has 2 rings (SSSR count). The lowest BCUT2D eigenvalue weighted by Crippen LogP contribution is -2.21. The van der Waals surface area contributed by atoms with E-state index in [0.717, 1.165) is 16.0 Å². The van der Waals surface area contributed by atoms with Crippen molar-refractivity contribution in [3.05, 3.63) is 59.2 Å². The quantitative estimate of drug-likeness (QED) is 0.669. The smallest absolute Gasteiger partial charge is 0.338 e. The Bertz CT molecular complexity index is 690. The van der Waals surface area contributed by atoms with Crippen LogP contribution in [0.5, 0.6) is 0 Å². The van der Waals surface area contributed by atoms with Crippen LogP contribution < -0.4 is 5.32 Å². The first-order valence-corrected chi connectivity index (χ1v) is 8.40. The van der Waals surface area contributed by atoms with E-state index in [1.165, 1.54) is 0 Å². The zero-order valence-corrected chi connectivity index (χ0v) is 14.2. The minimum atomic E-state index is -0.506. The highest BCUT2D eigenvalue weighted by atomic mass is 32.2. The van der Waals surface area contributed by atoms with Crippen molar-refractivity contribution in [1.82, 2.24) is 0 Å². The van der Waals surface area contributed by atoms with Crippen LogP contribution in [0.3, 0.4) is 0 Å². The molecule has 0 unspecified atom stereocenters. The standard InChI is InChI=1S/C18H19NO3S/c1-12-8-13(2)10-15(9-12)19-17(20)11-22-18(21)14-4-6-16(23-3)7-5-14/h4-10H,11H2,1-3H3,(H,19,20). The molecule has 0 aromatic heterocycles. The maximum Gasteiger partial charge on any atom is 0.338 e. The normalized spacial score (nSPS) is 10.2. The van der Waals surface area contributed by atoms with Crippen molar-refractivity contribution in [2.24, 2.45) is 0 Å². The van der Waals surface area contributed by atoms with E-state index in [9.17, 15) is 9.59 Å². The first-order chi connectivity index (χ1) is 11.0. The lowest BCUT2D eigenvalue weighted by Gasteiger charge is -2.08. The summed E-state index contributed by atoms with van der Waals surface area (Å²) in [5.41, 5.74) is 3.26. The Labute approximate surface area is 140 Å². The molecule has 0 radical (unpaired) electrons. The summed E-state index contributed by atoms with van der Waals surface area (Å²) in [5, 5.41) is 2.73. The van der Waals surface area contributed by atoms with Gasteiger partial charge >= 0.3 is 5.97 Å². The molecule has 0 saturated heterocycles. The average Bonchev–Trinajstić information content (AvgIpc) is 2.51. The predicted octanol–water partition coefficient (Wildman–Crippen LogP) is 3.82. The number of carbonyl (C=O) groups excluding carboxylic acids is 2. The second kappa shape index (κ2) is 7.83. The van der Waals surface area contributed by atoms with Crippen molar-refractivity contribution < 1.29 is 14.3 Å². The van der Waals surface area contributed by atoms with Crippen molar-refractivity contribution in [2.75, 3.05) is 18.2 Å². The third-order valence-electron chi connectivity index (χ3n) is 3.17. The molecule has 0 aliphatic carbocycles. The van der Waals surface area contributed by atoms with E-state index in [4.69, 9.17) is 4.74 Å². The maximum absolute atomic E-state index is 11.9. The van der Waals surface area contributed by atoms with Crippen molar-refractivity contribution in [1.29, 1.82) is 0 Å². The number of anilines is 1. The zero-order valence-electron chi connectivity index (χ0n) is 13.4. The summed E-state index contributed by atoms with van der Waals surface area (Å²) in [7, 11) is 0. The molecule has 0 aliphatic heterocycles. The monoisotopic (exact) mass is 329 g/mol. The Morgan fingerprint density at radius 3 is 2.22 bits per heavy atom. The molecule has 0 aliphatic rings. The summed E-state index contributed by atoms with van der Waals surface area (Å²) in [6.07, 6.45) is 1.96. The summed E-state index contributed by atoms with van der Waals surface area (Å²) in [4.78, 5) is 24.8. The Kier molecular flexibility index (Phi) is 5.82. The largest absolute Gasteiger partial charge is 0.452 e. The van der Waals surface area contributed by atoms with Gasteiger partial charge in [-0.1, -0.05) is 6.07 Å². The first-order valence-electron chi connectivity index (χ1n) is 7.17. The van der Waals surface area contributed by atoms with Crippen molar-refractivity contribution in [3.8, 4) is 0 Å². The number of hydrogen-bond donors (Lipinski definition) is 1. The van der Waals surface area contributed by atoms with Gasteiger partial charge in [0.2, 0.25) is 0 Å². The first kappa shape index (κ1) is 17.1.